The first-order valence-electron chi connectivity index (χ1n) is 7.51. The summed E-state index contributed by atoms with van der Waals surface area (Å²) in [6.07, 6.45) is 1.76. The molecule has 0 radical (unpaired) electrons. The lowest BCUT2D eigenvalue weighted by Gasteiger charge is -2.26. The molecular weight excluding hydrogens is 282 g/mol. The number of hydrogen-bond donors (Lipinski definition) is 2. The number of benzene rings is 1. The van der Waals surface area contributed by atoms with E-state index in [4.69, 9.17) is 10.9 Å². The topological polar surface area (TPSA) is 61.8 Å². The van der Waals surface area contributed by atoms with E-state index in [1.165, 1.54) is 10.5 Å². The Morgan fingerprint density at radius 2 is 2.24 bits per heavy atom. The number of nitrogens with zero attached hydrogens (tertiary/aromatic N) is 2. The Kier molecular flexibility index (Phi) is 5.94. The molecule has 1 aromatic rings. The van der Waals surface area contributed by atoms with Gasteiger partial charge >= 0.3 is 0 Å². The Hall–Kier alpha value is -1.20. The molecule has 1 aliphatic heterocycles. The SMILES string of the molecule is CC(C)CN(CCC(N)=NO)CC1Cc2ccccc2S1. The molecule has 0 spiro atoms. The summed E-state index contributed by atoms with van der Waals surface area (Å²) in [5.41, 5.74) is 7.06. The van der Waals surface area contributed by atoms with Gasteiger partial charge in [-0.05, 0) is 24.0 Å². The number of hydrogen-bond acceptors (Lipinski definition) is 4. The van der Waals surface area contributed by atoms with Crippen molar-refractivity contribution < 1.29 is 5.21 Å². The van der Waals surface area contributed by atoms with Gasteiger partial charge < -0.3 is 15.8 Å². The average molecular weight is 307 g/mol. The molecule has 4 nitrogen and oxygen atoms in total. The largest absolute Gasteiger partial charge is 0.409 e. The second-order valence-electron chi connectivity index (χ2n) is 6.05. The van der Waals surface area contributed by atoms with E-state index in [2.05, 4.69) is 48.2 Å². The van der Waals surface area contributed by atoms with Crippen LogP contribution in [0.25, 0.3) is 0 Å². The van der Waals surface area contributed by atoms with Gasteiger partial charge in [-0.15, -0.1) is 11.8 Å². The number of thioether (sulfide) groups is 1. The zero-order valence-electron chi connectivity index (χ0n) is 12.8. The highest BCUT2D eigenvalue weighted by atomic mass is 32.2. The summed E-state index contributed by atoms with van der Waals surface area (Å²) in [4.78, 5) is 3.86. The van der Waals surface area contributed by atoms with Crippen molar-refractivity contribution in [1.29, 1.82) is 0 Å². The first-order valence-corrected chi connectivity index (χ1v) is 8.39. The Balaban J connectivity index is 1.90. The van der Waals surface area contributed by atoms with E-state index in [0.29, 0.717) is 23.4 Å². The molecule has 1 unspecified atom stereocenters. The van der Waals surface area contributed by atoms with Gasteiger partial charge in [0.25, 0.3) is 0 Å². The highest BCUT2D eigenvalue weighted by Crippen LogP contribution is 2.37. The molecule has 0 saturated carbocycles. The molecule has 5 heteroatoms. The zero-order chi connectivity index (χ0) is 15.2. The van der Waals surface area contributed by atoms with Gasteiger partial charge in [-0.2, -0.15) is 0 Å². The third-order valence-corrected chi connectivity index (χ3v) is 4.91. The second kappa shape index (κ2) is 7.71. The number of fused-ring (bicyclic) bond motifs is 1. The predicted molar refractivity (Wildman–Crippen MR) is 89.1 cm³/mol. The molecule has 1 aliphatic rings. The quantitative estimate of drug-likeness (QED) is 0.352. The molecule has 116 valence electrons. The van der Waals surface area contributed by atoms with Crippen LogP contribution in [-0.2, 0) is 6.42 Å². The summed E-state index contributed by atoms with van der Waals surface area (Å²) >= 11 is 1.98. The van der Waals surface area contributed by atoms with Crippen LogP contribution in [0.2, 0.25) is 0 Å². The standard InChI is InChI=1S/C16H25N3OS/c1-12(2)10-19(8-7-16(17)18-20)11-14-9-13-5-3-4-6-15(13)21-14/h3-6,12,14,20H,7-11H2,1-2H3,(H2,17,18). The fourth-order valence-corrected chi connectivity index (χ4v) is 4.11. The smallest absolute Gasteiger partial charge is 0.140 e. The van der Waals surface area contributed by atoms with E-state index in [9.17, 15) is 0 Å². The maximum atomic E-state index is 8.67. The number of nitrogens with two attached hydrogens (primary N) is 1. The van der Waals surface area contributed by atoms with Crippen molar-refractivity contribution in [3.8, 4) is 0 Å². The van der Waals surface area contributed by atoms with Crippen molar-refractivity contribution in [2.24, 2.45) is 16.8 Å². The molecule has 1 atom stereocenters. The van der Waals surface area contributed by atoms with Crippen molar-refractivity contribution in [2.45, 2.75) is 36.8 Å². The fourth-order valence-electron chi connectivity index (χ4n) is 2.74. The summed E-state index contributed by atoms with van der Waals surface area (Å²) in [6, 6.07) is 8.67. The summed E-state index contributed by atoms with van der Waals surface area (Å²) in [7, 11) is 0. The molecular formula is C16H25N3OS. The molecule has 0 aromatic heterocycles. The summed E-state index contributed by atoms with van der Waals surface area (Å²) in [5.74, 6) is 0.928. The zero-order valence-corrected chi connectivity index (χ0v) is 13.6. The van der Waals surface area contributed by atoms with Gasteiger partial charge in [-0.3, -0.25) is 0 Å². The molecule has 2 rings (SSSR count). The highest BCUT2D eigenvalue weighted by molar-refractivity contribution is 8.00. The Morgan fingerprint density at radius 3 is 2.90 bits per heavy atom. The third kappa shape index (κ3) is 4.93. The third-order valence-electron chi connectivity index (χ3n) is 3.61. The van der Waals surface area contributed by atoms with Crippen molar-refractivity contribution in [1.82, 2.24) is 4.90 Å². The molecule has 1 aromatic carbocycles. The van der Waals surface area contributed by atoms with Gasteiger partial charge in [0, 0.05) is 36.2 Å². The minimum Gasteiger partial charge on any atom is -0.409 e. The van der Waals surface area contributed by atoms with Gasteiger partial charge in [0.2, 0.25) is 0 Å². The molecule has 0 fully saturated rings. The van der Waals surface area contributed by atoms with E-state index in [1.807, 2.05) is 11.8 Å². The van der Waals surface area contributed by atoms with E-state index >= 15 is 0 Å². The molecule has 3 N–H and O–H groups in total. The predicted octanol–water partition coefficient (Wildman–Crippen LogP) is 2.80. The van der Waals surface area contributed by atoms with Crippen molar-refractivity contribution in [3.63, 3.8) is 0 Å². The van der Waals surface area contributed by atoms with Crippen molar-refractivity contribution in [3.05, 3.63) is 29.8 Å². The monoisotopic (exact) mass is 307 g/mol. The fraction of sp³-hybridized carbons (Fsp3) is 0.562. The van der Waals surface area contributed by atoms with Gasteiger partial charge in [0.15, 0.2) is 0 Å². The van der Waals surface area contributed by atoms with Crippen LogP contribution in [-0.4, -0.2) is 40.8 Å². The molecule has 0 amide bonds. The molecule has 0 aliphatic carbocycles. The summed E-state index contributed by atoms with van der Waals surface area (Å²) in [6.45, 7) is 7.41. The maximum absolute atomic E-state index is 8.67. The van der Waals surface area contributed by atoms with Crippen LogP contribution >= 0.6 is 11.8 Å². The first-order chi connectivity index (χ1) is 10.1. The molecule has 1 heterocycles. The van der Waals surface area contributed by atoms with Crippen LogP contribution in [0.15, 0.2) is 34.3 Å². The van der Waals surface area contributed by atoms with Crippen LogP contribution in [0.4, 0.5) is 0 Å². The van der Waals surface area contributed by atoms with Crippen LogP contribution in [0.5, 0.6) is 0 Å². The van der Waals surface area contributed by atoms with Crippen LogP contribution in [0.3, 0.4) is 0 Å². The van der Waals surface area contributed by atoms with Gasteiger partial charge in [-0.1, -0.05) is 37.2 Å². The minimum atomic E-state index is 0.311. The van der Waals surface area contributed by atoms with Gasteiger partial charge in [0.1, 0.15) is 5.84 Å². The number of oxime groups is 1. The Labute approximate surface area is 131 Å². The Bertz CT molecular complexity index is 465. The van der Waals surface area contributed by atoms with E-state index < -0.39 is 0 Å². The minimum absolute atomic E-state index is 0.311. The van der Waals surface area contributed by atoms with Crippen molar-refractivity contribution in [2.75, 3.05) is 19.6 Å². The number of rotatable bonds is 7. The lowest BCUT2D eigenvalue weighted by molar-refractivity contribution is 0.249. The van der Waals surface area contributed by atoms with E-state index in [-0.39, 0.29) is 0 Å². The lowest BCUT2D eigenvalue weighted by atomic mass is 10.1. The van der Waals surface area contributed by atoms with Gasteiger partial charge in [0.05, 0.1) is 0 Å². The Morgan fingerprint density at radius 1 is 1.48 bits per heavy atom. The molecule has 0 saturated heterocycles. The lowest BCUT2D eigenvalue weighted by Crippen LogP contribution is -2.36. The van der Waals surface area contributed by atoms with E-state index in [1.54, 1.807) is 0 Å². The van der Waals surface area contributed by atoms with Crippen LogP contribution in [0.1, 0.15) is 25.8 Å². The average Bonchev–Trinajstić information content (AvgIpc) is 2.85. The first kappa shape index (κ1) is 16.2. The van der Waals surface area contributed by atoms with Crippen LogP contribution < -0.4 is 5.73 Å². The van der Waals surface area contributed by atoms with Crippen molar-refractivity contribution >= 4 is 17.6 Å². The maximum Gasteiger partial charge on any atom is 0.140 e. The highest BCUT2D eigenvalue weighted by Gasteiger charge is 2.24. The van der Waals surface area contributed by atoms with Gasteiger partial charge in [-0.25, -0.2) is 0 Å². The number of amidine groups is 1. The molecule has 0 bridgehead atoms. The molecule has 21 heavy (non-hydrogen) atoms. The summed E-state index contributed by atoms with van der Waals surface area (Å²) in [5, 5.41) is 12.3. The summed E-state index contributed by atoms with van der Waals surface area (Å²) < 4.78 is 0. The van der Waals surface area contributed by atoms with Crippen LogP contribution in [0, 0.1) is 5.92 Å². The van der Waals surface area contributed by atoms with E-state index in [0.717, 1.165) is 26.1 Å². The normalized spacial score (nSPS) is 18.5. The second-order valence-corrected chi connectivity index (χ2v) is 7.39.